The van der Waals surface area contributed by atoms with Crippen molar-refractivity contribution in [1.82, 2.24) is 4.98 Å². The van der Waals surface area contributed by atoms with Gasteiger partial charge in [0, 0.05) is 16.7 Å². The number of methoxy groups -OCH3 is 1. The summed E-state index contributed by atoms with van der Waals surface area (Å²) in [4.78, 5) is 15.6. The number of sulfonamides is 1. The summed E-state index contributed by atoms with van der Waals surface area (Å²) in [7, 11) is -2.60. The van der Waals surface area contributed by atoms with Gasteiger partial charge in [0.15, 0.2) is 5.76 Å². The number of rotatable bonds is 6. The molecule has 35 heavy (non-hydrogen) atoms. The van der Waals surface area contributed by atoms with Crippen molar-refractivity contribution in [2.24, 2.45) is 10.9 Å². The van der Waals surface area contributed by atoms with E-state index in [0.717, 1.165) is 0 Å². The van der Waals surface area contributed by atoms with Crippen molar-refractivity contribution in [1.29, 1.82) is 0 Å². The number of aromatic nitrogens is 1. The summed E-state index contributed by atoms with van der Waals surface area (Å²) in [6.45, 7) is 0. The van der Waals surface area contributed by atoms with Crippen molar-refractivity contribution >= 4 is 33.3 Å². The number of halogens is 1. The maximum absolute atomic E-state index is 12.3. The predicted octanol–water partition coefficient (Wildman–Crippen LogP) is 4.26. The highest BCUT2D eigenvalue weighted by atomic mass is 35.5. The van der Waals surface area contributed by atoms with Crippen LogP contribution in [-0.2, 0) is 10.0 Å². The van der Waals surface area contributed by atoms with E-state index >= 15 is 0 Å². The fraction of sp³-hybridized carbons (Fsp3) is 0.0435. The lowest BCUT2D eigenvalue weighted by Crippen LogP contribution is -2.32. The van der Waals surface area contributed by atoms with Crippen LogP contribution in [0.5, 0.6) is 5.75 Å². The zero-order valence-corrected chi connectivity index (χ0v) is 19.7. The van der Waals surface area contributed by atoms with Crippen LogP contribution >= 0.6 is 11.6 Å². The van der Waals surface area contributed by atoms with Crippen LogP contribution in [0.25, 0.3) is 34.0 Å². The van der Waals surface area contributed by atoms with E-state index in [-0.39, 0.29) is 32.9 Å². The standard InChI is InChI=1S/C23H19ClN4O6S/c1-33-18-11-8-14(12-17(18)24)20-21(16-4-2-3-5-19(16)35(26,31)32)34-22(27-20)13-6-9-15(10-7-13)28(30)23(25)29/h2-12,30H,1H3,(H2,25,29)(H2,26,31,32). The molecular weight excluding hydrogens is 496 g/mol. The number of nitrogens with two attached hydrogens (primary N) is 2. The van der Waals surface area contributed by atoms with E-state index in [4.69, 9.17) is 31.6 Å². The second-order valence-electron chi connectivity index (χ2n) is 7.28. The lowest BCUT2D eigenvalue weighted by molar-refractivity contribution is 0.212. The first-order valence-corrected chi connectivity index (χ1v) is 11.9. The number of carbonyl (C=O) groups excluding carboxylic acids is 1. The largest absolute Gasteiger partial charge is 0.495 e. The highest BCUT2D eigenvalue weighted by molar-refractivity contribution is 7.89. The molecule has 0 saturated heterocycles. The molecule has 0 atom stereocenters. The summed E-state index contributed by atoms with van der Waals surface area (Å²) < 4.78 is 35.8. The van der Waals surface area contributed by atoms with Crippen LogP contribution in [0.4, 0.5) is 10.5 Å². The normalized spacial score (nSPS) is 11.3. The zero-order valence-electron chi connectivity index (χ0n) is 18.2. The molecule has 0 aliphatic heterocycles. The van der Waals surface area contributed by atoms with Crippen LogP contribution in [0.3, 0.4) is 0 Å². The van der Waals surface area contributed by atoms with E-state index in [1.54, 1.807) is 48.5 Å². The summed E-state index contributed by atoms with van der Waals surface area (Å²) in [6, 6.07) is 16.0. The SMILES string of the molecule is COc1ccc(-c2nc(-c3ccc(N(O)C(N)=O)cc3)oc2-c2ccccc2S(N)(=O)=O)cc1Cl. The Morgan fingerprint density at radius 1 is 1.09 bits per heavy atom. The van der Waals surface area contributed by atoms with Crippen LogP contribution in [0.15, 0.2) is 76.0 Å². The van der Waals surface area contributed by atoms with E-state index in [9.17, 15) is 18.4 Å². The topological polar surface area (TPSA) is 162 Å². The molecule has 10 nitrogen and oxygen atoms in total. The molecule has 2 amide bonds. The molecule has 0 radical (unpaired) electrons. The van der Waals surface area contributed by atoms with Crippen molar-refractivity contribution in [3.63, 3.8) is 0 Å². The van der Waals surface area contributed by atoms with Gasteiger partial charge in [0.1, 0.15) is 11.4 Å². The smallest absolute Gasteiger partial charge is 0.343 e. The number of hydrogen-bond donors (Lipinski definition) is 3. The van der Waals surface area contributed by atoms with Crippen LogP contribution in [0.2, 0.25) is 5.02 Å². The first-order chi connectivity index (χ1) is 16.6. The third kappa shape index (κ3) is 4.84. The lowest BCUT2D eigenvalue weighted by Gasteiger charge is -2.11. The molecule has 1 aromatic heterocycles. The number of benzene rings is 3. The minimum absolute atomic E-state index is 0.134. The first kappa shape index (κ1) is 24.2. The number of amides is 2. The molecule has 4 rings (SSSR count). The molecule has 0 bridgehead atoms. The maximum Gasteiger partial charge on any atom is 0.343 e. The summed E-state index contributed by atoms with van der Waals surface area (Å²) in [6.07, 6.45) is 0. The van der Waals surface area contributed by atoms with Gasteiger partial charge >= 0.3 is 6.03 Å². The van der Waals surface area contributed by atoms with Crippen molar-refractivity contribution in [2.75, 3.05) is 12.2 Å². The quantitative estimate of drug-likeness (QED) is 0.255. The van der Waals surface area contributed by atoms with Gasteiger partial charge in [-0.2, -0.15) is 5.06 Å². The van der Waals surface area contributed by atoms with Crippen LogP contribution < -0.4 is 20.7 Å². The van der Waals surface area contributed by atoms with E-state index in [1.807, 2.05) is 0 Å². The minimum Gasteiger partial charge on any atom is -0.495 e. The fourth-order valence-corrected chi connectivity index (χ4v) is 4.40. The third-order valence-electron chi connectivity index (χ3n) is 5.06. The summed E-state index contributed by atoms with van der Waals surface area (Å²) in [5, 5.41) is 15.8. The van der Waals surface area contributed by atoms with Gasteiger partial charge < -0.3 is 14.9 Å². The number of carbonyl (C=O) groups is 1. The highest BCUT2D eigenvalue weighted by Gasteiger charge is 2.24. The Labute approximate surface area is 205 Å². The number of ether oxygens (including phenoxy) is 1. The zero-order chi connectivity index (χ0) is 25.3. The second kappa shape index (κ2) is 9.39. The molecule has 0 fully saturated rings. The molecule has 0 aliphatic rings. The van der Waals surface area contributed by atoms with Gasteiger partial charge in [-0.3, -0.25) is 5.21 Å². The molecular formula is C23H19ClN4O6S. The van der Waals surface area contributed by atoms with E-state index in [2.05, 4.69) is 4.98 Å². The molecule has 0 aliphatic carbocycles. The monoisotopic (exact) mass is 514 g/mol. The average molecular weight is 515 g/mol. The molecule has 0 saturated carbocycles. The Morgan fingerprint density at radius 2 is 1.74 bits per heavy atom. The number of anilines is 1. The Hall–Kier alpha value is -3.90. The molecule has 1 heterocycles. The fourth-order valence-electron chi connectivity index (χ4n) is 3.41. The van der Waals surface area contributed by atoms with Crippen LogP contribution in [-0.4, -0.2) is 31.7 Å². The third-order valence-corrected chi connectivity index (χ3v) is 6.32. The van der Waals surface area contributed by atoms with Crippen molar-refractivity contribution < 1.29 is 27.6 Å². The average Bonchev–Trinajstić information content (AvgIpc) is 3.28. The van der Waals surface area contributed by atoms with Gasteiger partial charge in [0.25, 0.3) is 0 Å². The molecule has 12 heteroatoms. The van der Waals surface area contributed by atoms with Gasteiger partial charge in [0.05, 0.1) is 22.7 Å². The Balaban J connectivity index is 1.91. The van der Waals surface area contributed by atoms with Crippen LogP contribution in [0, 0.1) is 0 Å². The summed E-state index contributed by atoms with van der Waals surface area (Å²) >= 11 is 6.31. The van der Waals surface area contributed by atoms with E-state index < -0.39 is 16.1 Å². The first-order valence-electron chi connectivity index (χ1n) is 9.96. The molecule has 4 aromatic rings. The maximum atomic E-state index is 12.3. The van der Waals surface area contributed by atoms with Gasteiger partial charge in [-0.15, -0.1) is 0 Å². The Kier molecular flexibility index (Phi) is 6.50. The van der Waals surface area contributed by atoms with Crippen LogP contribution in [0.1, 0.15) is 0 Å². The Bertz CT molecular complexity index is 1520. The summed E-state index contributed by atoms with van der Waals surface area (Å²) in [5.41, 5.74) is 6.75. The second-order valence-corrected chi connectivity index (χ2v) is 9.22. The predicted molar refractivity (Wildman–Crippen MR) is 130 cm³/mol. The number of primary amides is 1. The number of hydroxylamine groups is 1. The minimum atomic E-state index is -4.09. The lowest BCUT2D eigenvalue weighted by atomic mass is 10.1. The van der Waals surface area contributed by atoms with Gasteiger partial charge in [-0.1, -0.05) is 23.7 Å². The molecule has 180 valence electrons. The molecule has 5 N–H and O–H groups in total. The molecule has 0 spiro atoms. The highest BCUT2D eigenvalue weighted by Crippen LogP contribution is 2.40. The number of primary sulfonamides is 1. The van der Waals surface area contributed by atoms with E-state index in [1.165, 1.54) is 25.3 Å². The van der Waals surface area contributed by atoms with Crippen molar-refractivity contribution in [3.8, 4) is 39.8 Å². The molecule has 3 aromatic carbocycles. The molecule has 0 unspecified atom stereocenters. The van der Waals surface area contributed by atoms with Gasteiger partial charge in [0.2, 0.25) is 15.9 Å². The number of hydrogen-bond acceptors (Lipinski definition) is 7. The van der Waals surface area contributed by atoms with Crippen molar-refractivity contribution in [2.45, 2.75) is 4.90 Å². The number of nitrogens with zero attached hydrogens (tertiary/aromatic N) is 2. The van der Waals surface area contributed by atoms with Gasteiger partial charge in [-0.05, 0) is 54.6 Å². The summed E-state index contributed by atoms with van der Waals surface area (Å²) in [5.74, 6) is 0.737. The van der Waals surface area contributed by atoms with Gasteiger partial charge in [-0.25, -0.2) is 23.3 Å². The number of urea groups is 1. The number of oxazole rings is 1. The van der Waals surface area contributed by atoms with Crippen molar-refractivity contribution in [3.05, 3.63) is 71.8 Å². The Morgan fingerprint density at radius 3 is 2.34 bits per heavy atom. The van der Waals surface area contributed by atoms with E-state index in [0.29, 0.717) is 27.6 Å².